The molecule has 1 aliphatic rings. The van der Waals surface area contributed by atoms with Crippen LogP contribution in [0.5, 0.6) is 0 Å². The van der Waals surface area contributed by atoms with Crippen LogP contribution in [0.3, 0.4) is 0 Å². The lowest BCUT2D eigenvalue weighted by Crippen LogP contribution is -2.79. The zero-order chi connectivity index (χ0) is 32.0. The number of carboxylic acids is 1. The molecule has 1 heterocycles. The fraction of sp³-hybridized carbons (Fsp3) is 0.467. The minimum absolute atomic E-state index is 0.113. The van der Waals surface area contributed by atoms with Gasteiger partial charge in [0.05, 0.1) is 28.1 Å². The van der Waals surface area contributed by atoms with Gasteiger partial charge in [-0.2, -0.15) is 0 Å². The highest BCUT2D eigenvalue weighted by atomic mass is 32.2. The zero-order valence-electron chi connectivity index (χ0n) is 24.8. The molecule has 3 atom stereocenters. The van der Waals surface area contributed by atoms with Gasteiger partial charge in [0.15, 0.2) is 9.84 Å². The molecule has 12 nitrogen and oxygen atoms in total. The third-order valence-corrected chi connectivity index (χ3v) is 11.0. The van der Waals surface area contributed by atoms with Crippen molar-refractivity contribution in [1.29, 1.82) is 0 Å². The molecule has 1 fully saturated rings. The highest BCUT2D eigenvalue weighted by molar-refractivity contribution is 7.95. The predicted molar refractivity (Wildman–Crippen MR) is 158 cm³/mol. The predicted octanol–water partition coefficient (Wildman–Crippen LogP) is 1.97. The fourth-order valence-electron chi connectivity index (χ4n) is 5.40. The van der Waals surface area contributed by atoms with Gasteiger partial charge in [0, 0.05) is 13.5 Å². The molecule has 1 saturated heterocycles. The van der Waals surface area contributed by atoms with Crippen molar-refractivity contribution in [2.45, 2.75) is 80.9 Å². The van der Waals surface area contributed by atoms with Gasteiger partial charge in [0.25, 0.3) is 0 Å². The van der Waals surface area contributed by atoms with Crippen LogP contribution < -0.4 is 16.0 Å². The van der Waals surface area contributed by atoms with Gasteiger partial charge in [0.1, 0.15) is 18.7 Å². The maximum Gasteiger partial charge on any atom is 0.408 e. The largest absolute Gasteiger partial charge is 0.481 e. The summed E-state index contributed by atoms with van der Waals surface area (Å²) in [7, 11) is -2.23. The monoisotopic (exact) mass is 617 g/mol. The van der Waals surface area contributed by atoms with Gasteiger partial charge in [-0.3, -0.25) is 14.4 Å². The Labute approximate surface area is 251 Å². The summed E-state index contributed by atoms with van der Waals surface area (Å²) >= 11 is 0. The van der Waals surface area contributed by atoms with Crippen molar-refractivity contribution in [1.82, 2.24) is 16.0 Å². The average Bonchev–Trinajstić information content (AvgIpc) is 2.96. The first-order valence-electron chi connectivity index (χ1n) is 13.7. The Morgan fingerprint density at radius 2 is 1.40 bits per heavy atom. The maximum absolute atomic E-state index is 13.8. The third-order valence-electron chi connectivity index (χ3n) is 7.80. The second-order valence-electron chi connectivity index (χ2n) is 11.5. The first-order chi connectivity index (χ1) is 20.1. The smallest absolute Gasteiger partial charge is 0.408 e. The molecule has 3 rings (SSSR count). The molecule has 3 amide bonds. The SMILES string of the molecule is COC(Cc1ccccc1)[C@H](NC(=O)[C@H](CC(=O)O)NC(=O)OCc1ccccc1)C(=O)NC1C(C)(C)S(=O)(=O)C1(C)C. The second kappa shape index (κ2) is 13.6. The Kier molecular flexibility index (Phi) is 10.6. The highest BCUT2D eigenvalue weighted by Crippen LogP contribution is 2.48. The molecule has 0 aromatic heterocycles. The molecule has 4 N–H and O–H groups in total. The number of sulfone groups is 1. The van der Waals surface area contributed by atoms with E-state index in [0.717, 1.165) is 5.56 Å². The quantitative estimate of drug-likeness (QED) is 0.262. The maximum atomic E-state index is 13.8. The first-order valence-corrected chi connectivity index (χ1v) is 15.2. The molecule has 0 saturated carbocycles. The molecule has 0 spiro atoms. The van der Waals surface area contributed by atoms with Crippen LogP contribution in [-0.4, -0.2) is 78.2 Å². The number of nitrogens with one attached hydrogen (secondary N) is 3. The van der Waals surface area contributed by atoms with Gasteiger partial charge in [-0.1, -0.05) is 60.7 Å². The summed E-state index contributed by atoms with van der Waals surface area (Å²) in [6, 6.07) is 14.0. The van der Waals surface area contributed by atoms with Crippen molar-refractivity contribution in [2.75, 3.05) is 7.11 Å². The number of rotatable bonds is 13. The average molecular weight is 618 g/mol. The minimum atomic E-state index is -3.58. The summed E-state index contributed by atoms with van der Waals surface area (Å²) in [6.07, 6.45) is -2.58. The topological polar surface area (TPSA) is 177 Å². The lowest BCUT2D eigenvalue weighted by Gasteiger charge is -2.56. The summed E-state index contributed by atoms with van der Waals surface area (Å²) in [4.78, 5) is 51.3. The first kappa shape index (κ1) is 33.5. The van der Waals surface area contributed by atoms with Gasteiger partial charge in [-0.15, -0.1) is 0 Å². The number of ether oxygens (including phenoxy) is 2. The number of methoxy groups -OCH3 is 1. The summed E-state index contributed by atoms with van der Waals surface area (Å²) in [5.74, 6) is -3.06. The molecule has 0 radical (unpaired) electrons. The number of carbonyl (C=O) groups is 4. The number of carbonyl (C=O) groups excluding carboxylic acids is 3. The van der Waals surface area contributed by atoms with Crippen LogP contribution in [0.25, 0.3) is 0 Å². The van der Waals surface area contributed by atoms with E-state index in [4.69, 9.17) is 9.47 Å². The van der Waals surface area contributed by atoms with Gasteiger partial charge in [-0.05, 0) is 38.8 Å². The van der Waals surface area contributed by atoms with Gasteiger partial charge < -0.3 is 30.5 Å². The van der Waals surface area contributed by atoms with Crippen LogP contribution in [-0.2, 0) is 46.7 Å². The summed E-state index contributed by atoms with van der Waals surface area (Å²) in [6.45, 7) is 5.93. The number of carboxylic acid groups (broad SMARTS) is 1. The minimum Gasteiger partial charge on any atom is -0.481 e. The zero-order valence-corrected chi connectivity index (χ0v) is 25.6. The van der Waals surface area contributed by atoms with Crippen molar-refractivity contribution in [2.24, 2.45) is 0 Å². The van der Waals surface area contributed by atoms with Gasteiger partial charge in [-0.25, -0.2) is 13.2 Å². The van der Waals surface area contributed by atoms with Crippen LogP contribution in [0, 0.1) is 0 Å². The fourth-order valence-corrected chi connectivity index (χ4v) is 7.90. The highest BCUT2D eigenvalue weighted by Gasteiger charge is 2.68. The third kappa shape index (κ3) is 7.52. The molecule has 2 aromatic rings. The van der Waals surface area contributed by atoms with E-state index in [2.05, 4.69) is 16.0 Å². The van der Waals surface area contributed by atoms with Crippen molar-refractivity contribution in [3.63, 3.8) is 0 Å². The van der Waals surface area contributed by atoms with Crippen LogP contribution in [0.1, 0.15) is 45.2 Å². The standard InChI is InChI=1S/C30H39N3O9S/c1-29(2)27(30(3,4)43(29,39)40)33-26(37)24(22(41-5)16-19-12-8-6-9-13-19)32-25(36)21(17-23(34)35)31-28(38)42-18-20-14-10-7-11-15-20/h6-15,21-22,24,27H,16-18H2,1-5H3,(H,31,38)(H,32,36)(H,33,37)(H,34,35)/t21-,22?,24-/m0/s1. The number of aliphatic carboxylic acids is 1. The molecule has 2 aromatic carbocycles. The van der Waals surface area contributed by atoms with E-state index in [1.807, 2.05) is 18.2 Å². The van der Waals surface area contributed by atoms with Gasteiger partial charge in [0.2, 0.25) is 11.8 Å². The molecule has 1 aliphatic heterocycles. The summed E-state index contributed by atoms with van der Waals surface area (Å²) in [5.41, 5.74) is 1.47. The molecular formula is C30H39N3O9S. The van der Waals surface area contributed by atoms with Gasteiger partial charge >= 0.3 is 12.1 Å². The molecule has 234 valence electrons. The molecular weight excluding hydrogens is 578 g/mol. The Balaban J connectivity index is 1.83. The summed E-state index contributed by atoms with van der Waals surface area (Å²) in [5, 5.41) is 17.0. The number of amides is 3. The van der Waals surface area contributed by atoms with Crippen LogP contribution in [0.15, 0.2) is 60.7 Å². The van der Waals surface area contributed by atoms with E-state index in [-0.39, 0.29) is 13.0 Å². The number of benzene rings is 2. The Hall–Kier alpha value is -3.97. The van der Waals surface area contributed by atoms with Crippen molar-refractivity contribution >= 4 is 33.7 Å². The molecule has 0 aliphatic carbocycles. The van der Waals surface area contributed by atoms with E-state index < -0.39 is 73.9 Å². The molecule has 13 heteroatoms. The molecule has 1 unspecified atom stereocenters. The van der Waals surface area contributed by atoms with Crippen molar-refractivity contribution in [3.05, 3.63) is 71.8 Å². The lowest BCUT2D eigenvalue weighted by atomic mass is 9.88. The van der Waals surface area contributed by atoms with E-state index >= 15 is 0 Å². The van der Waals surface area contributed by atoms with Crippen LogP contribution in [0.4, 0.5) is 4.79 Å². The van der Waals surface area contributed by atoms with Crippen molar-refractivity contribution in [3.8, 4) is 0 Å². The number of hydrogen-bond donors (Lipinski definition) is 4. The summed E-state index contributed by atoms with van der Waals surface area (Å²) < 4.78 is 33.9. The van der Waals surface area contributed by atoms with E-state index in [0.29, 0.717) is 5.56 Å². The van der Waals surface area contributed by atoms with E-state index in [1.54, 1.807) is 42.5 Å². The van der Waals surface area contributed by atoms with Crippen LogP contribution >= 0.6 is 0 Å². The Bertz CT molecular complexity index is 1390. The van der Waals surface area contributed by atoms with E-state index in [9.17, 15) is 32.7 Å². The normalized spacial score (nSPS) is 18.6. The van der Waals surface area contributed by atoms with E-state index in [1.165, 1.54) is 34.8 Å². The lowest BCUT2D eigenvalue weighted by molar-refractivity contribution is -0.140. The second-order valence-corrected chi connectivity index (χ2v) is 14.6. The molecule has 43 heavy (non-hydrogen) atoms. The van der Waals surface area contributed by atoms with Crippen molar-refractivity contribution < 1.29 is 42.2 Å². The Morgan fingerprint density at radius 3 is 1.91 bits per heavy atom. The molecule has 0 bridgehead atoms. The Morgan fingerprint density at radius 1 is 0.860 bits per heavy atom. The number of hydrogen-bond acceptors (Lipinski definition) is 8. The van der Waals surface area contributed by atoms with Crippen LogP contribution in [0.2, 0.25) is 0 Å². The number of alkyl carbamates (subject to hydrolysis) is 1.